The van der Waals surface area contributed by atoms with Crippen LogP contribution in [0.3, 0.4) is 0 Å². The highest BCUT2D eigenvalue weighted by Crippen LogP contribution is 2.39. The second kappa shape index (κ2) is 12.2. The van der Waals surface area contributed by atoms with Gasteiger partial charge >= 0.3 is 6.18 Å². The number of carbonyl (C=O) groups is 2. The minimum Gasteiger partial charge on any atom is -0.359 e. The first kappa shape index (κ1) is 31.1. The molecule has 0 radical (unpaired) electrons. The molecule has 2 fully saturated rings. The van der Waals surface area contributed by atoms with E-state index in [9.17, 15) is 40.0 Å². The first-order valence-electron chi connectivity index (χ1n) is 13.1. The van der Waals surface area contributed by atoms with Crippen molar-refractivity contribution in [3.63, 3.8) is 0 Å². The van der Waals surface area contributed by atoms with Crippen LogP contribution in [0.25, 0.3) is 10.4 Å². The molecule has 0 saturated carbocycles. The average Bonchev–Trinajstić information content (AvgIpc) is 3.54. The van der Waals surface area contributed by atoms with Gasteiger partial charge in [-0.25, -0.2) is 27.2 Å². The quantitative estimate of drug-likeness (QED) is 0.404. The van der Waals surface area contributed by atoms with Crippen LogP contribution in [0.1, 0.15) is 78.2 Å². The number of hydrogen-bond donors (Lipinski definition) is 2. The Balaban J connectivity index is 1.72. The van der Waals surface area contributed by atoms with Gasteiger partial charge in [-0.1, -0.05) is 6.92 Å². The lowest BCUT2D eigenvalue weighted by atomic mass is 10.1. The number of likely N-dealkylation sites (tertiary alicyclic amines) is 1. The number of anilines is 1. The van der Waals surface area contributed by atoms with Crippen LogP contribution in [0.2, 0.25) is 0 Å². The standard InChI is InChI=1S/C25H30F5N5O4S2/c1-3-17(25(28,29)30)33-18-11-15(21(26)27)16(12-31-18)20-19(24(37)35-8-4-5-13(35)2)34-23(40-20)22(36)32-14-6-9-41(38,39)10-7-14/h11-14,17,21H,3-10H2,1-2H3,(H,31,33)(H,32,36)/t13-,17?/m0/s1. The molecule has 1 unspecified atom stereocenters. The molecule has 0 aromatic carbocycles. The van der Waals surface area contributed by atoms with Gasteiger partial charge in [-0.15, -0.1) is 11.3 Å². The molecule has 2 amide bonds. The van der Waals surface area contributed by atoms with Crippen LogP contribution < -0.4 is 10.6 Å². The van der Waals surface area contributed by atoms with Crippen LogP contribution >= 0.6 is 11.3 Å². The minimum absolute atomic E-state index is 0.0531. The first-order valence-corrected chi connectivity index (χ1v) is 15.8. The average molecular weight is 624 g/mol. The van der Waals surface area contributed by atoms with Crippen LogP contribution in [0.5, 0.6) is 0 Å². The molecule has 2 aromatic rings. The van der Waals surface area contributed by atoms with Gasteiger partial charge in [0, 0.05) is 36.0 Å². The molecule has 2 aliphatic heterocycles. The number of amides is 2. The lowest BCUT2D eigenvalue weighted by molar-refractivity contribution is -0.142. The predicted octanol–water partition coefficient (Wildman–Crippen LogP) is 4.83. The summed E-state index contributed by atoms with van der Waals surface area (Å²) in [4.78, 5) is 36.2. The Hall–Kier alpha value is -2.88. The van der Waals surface area contributed by atoms with Gasteiger partial charge in [-0.3, -0.25) is 9.59 Å². The van der Waals surface area contributed by atoms with Gasteiger partial charge in [0.1, 0.15) is 27.4 Å². The summed E-state index contributed by atoms with van der Waals surface area (Å²) in [6.07, 6.45) is -5.31. The van der Waals surface area contributed by atoms with Crippen LogP contribution in [0, 0.1) is 0 Å². The van der Waals surface area contributed by atoms with E-state index in [-0.39, 0.29) is 58.0 Å². The van der Waals surface area contributed by atoms with Gasteiger partial charge in [0.2, 0.25) is 0 Å². The van der Waals surface area contributed by atoms with Gasteiger partial charge in [0.05, 0.1) is 16.4 Å². The third-order valence-corrected chi connectivity index (χ3v) is 10.1. The van der Waals surface area contributed by atoms with Crippen molar-refractivity contribution in [3.8, 4) is 10.4 Å². The SMILES string of the molecule is CCC(Nc1cc(C(F)F)c(-c2sc(C(=O)NC3CCS(=O)(=O)CC3)nc2C(=O)N2CCC[C@@H]2C)cn1)C(F)(F)F. The fraction of sp³-hybridized carbons (Fsp3) is 0.600. The van der Waals surface area contributed by atoms with Crippen molar-refractivity contribution < 1.29 is 40.0 Å². The number of sulfone groups is 1. The highest BCUT2D eigenvalue weighted by atomic mass is 32.2. The van der Waals surface area contributed by atoms with E-state index in [1.54, 1.807) is 0 Å². The Kier molecular flexibility index (Phi) is 9.21. The summed E-state index contributed by atoms with van der Waals surface area (Å²) in [5.74, 6) is -1.84. The molecule has 41 heavy (non-hydrogen) atoms. The molecule has 2 atom stereocenters. The molecule has 4 rings (SSSR count). The zero-order chi connectivity index (χ0) is 30.1. The zero-order valence-electron chi connectivity index (χ0n) is 22.3. The van der Waals surface area contributed by atoms with E-state index in [1.807, 2.05) is 6.92 Å². The number of rotatable bonds is 8. The van der Waals surface area contributed by atoms with E-state index in [4.69, 9.17) is 0 Å². The van der Waals surface area contributed by atoms with Gasteiger partial charge in [0.15, 0.2) is 5.01 Å². The summed E-state index contributed by atoms with van der Waals surface area (Å²) < 4.78 is 91.8. The van der Waals surface area contributed by atoms with Crippen molar-refractivity contribution in [2.45, 2.75) is 76.7 Å². The number of nitrogens with one attached hydrogen (secondary N) is 2. The Morgan fingerprint density at radius 1 is 1.20 bits per heavy atom. The van der Waals surface area contributed by atoms with Crippen LogP contribution in [-0.4, -0.2) is 77.5 Å². The van der Waals surface area contributed by atoms with Crippen molar-refractivity contribution in [2.75, 3.05) is 23.4 Å². The maximum absolute atomic E-state index is 14.3. The monoisotopic (exact) mass is 623 g/mol. The summed E-state index contributed by atoms with van der Waals surface area (Å²) in [6, 6.07) is -1.79. The van der Waals surface area contributed by atoms with Crippen LogP contribution in [-0.2, 0) is 9.84 Å². The van der Waals surface area contributed by atoms with Crippen molar-refractivity contribution >= 4 is 38.8 Å². The molecular formula is C25H30F5N5O4S2. The Bertz CT molecular complexity index is 1390. The molecule has 2 N–H and O–H groups in total. The third kappa shape index (κ3) is 7.13. The normalized spacial score (nSPS) is 20.3. The second-order valence-corrected chi connectivity index (χ2v) is 13.5. The van der Waals surface area contributed by atoms with Gasteiger partial charge < -0.3 is 15.5 Å². The zero-order valence-corrected chi connectivity index (χ0v) is 23.9. The van der Waals surface area contributed by atoms with Crippen molar-refractivity contribution in [3.05, 3.63) is 28.5 Å². The van der Waals surface area contributed by atoms with Gasteiger partial charge in [0.25, 0.3) is 18.2 Å². The molecule has 9 nitrogen and oxygen atoms in total. The number of hydrogen-bond acceptors (Lipinski definition) is 8. The van der Waals surface area contributed by atoms with E-state index in [1.165, 1.54) is 11.8 Å². The van der Waals surface area contributed by atoms with Crippen molar-refractivity contribution in [1.82, 2.24) is 20.2 Å². The van der Waals surface area contributed by atoms with E-state index in [0.717, 1.165) is 25.1 Å². The molecule has 2 aliphatic rings. The highest BCUT2D eigenvalue weighted by molar-refractivity contribution is 7.91. The number of carbonyl (C=O) groups excluding carboxylic acids is 2. The fourth-order valence-electron chi connectivity index (χ4n) is 4.91. The van der Waals surface area contributed by atoms with E-state index >= 15 is 0 Å². The van der Waals surface area contributed by atoms with Gasteiger partial charge in [-0.05, 0) is 45.1 Å². The minimum atomic E-state index is -4.63. The van der Waals surface area contributed by atoms with Gasteiger partial charge in [-0.2, -0.15) is 13.2 Å². The fourth-order valence-corrected chi connectivity index (χ4v) is 7.39. The summed E-state index contributed by atoms with van der Waals surface area (Å²) >= 11 is 0.695. The van der Waals surface area contributed by atoms with Crippen molar-refractivity contribution in [2.24, 2.45) is 0 Å². The van der Waals surface area contributed by atoms with Crippen LogP contribution in [0.15, 0.2) is 12.3 Å². The predicted molar refractivity (Wildman–Crippen MR) is 143 cm³/mol. The maximum Gasteiger partial charge on any atom is 0.408 e. The van der Waals surface area contributed by atoms with E-state index < -0.39 is 57.7 Å². The number of nitrogens with zero attached hydrogens (tertiary/aromatic N) is 3. The molecule has 2 aromatic heterocycles. The molecule has 4 heterocycles. The highest BCUT2D eigenvalue weighted by Gasteiger charge is 2.39. The number of thiazole rings is 1. The summed E-state index contributed by atoms with van der Waals surface area (Å²) in [5.41, 5.74) is -1.12. The smallest absolute Gasteiger partial charge is 0.359 e. The molecule has 0 bridgehead atoms. The Morgan fingerprint density at radius 2 is 1.88 bits per heavy atom. The molecule has 2 saturated heterocycles. The number of alkyl halides is 5. The van der Waals surface area contributed by atoms with E-state index in [2.05, 4.69) is 20.6 Å². The largest absolute Gasteiger partial charge is 0.408 e. The van der Waals surface area contributed by atoms with Crippen LogP contribution in [0.4, 0.5) is 27.8 Å². The molecule has 16 heteroatoms. The topological polar surface area (TPSA) is 121 Å². The number of pyridine rings is 1. The third-order valence-electron chi connectivity index (χ3n) is 7.27. The lowest BCUT2D eigenvalue weighted by Gasteiger charge is -2.22. The molecular weight excluding hydrogens is 593 g/mol. The summed E-state index contributed by atoms with van der Waals surface area (Å²) in [7, 11) is -3.17. The molecule has 0 spiro atoms. The van der Waals surface area contributed by atoms with Crippen molar-refractivity contribution in [1.29, 1.82) is 0 Å². The molecule has 0 aliphatic carbocycles. The Morgan fingerprint density at radius 3 is 2.44 bits per heavy atom. The van der Waals surface area contributed by atoms with E-state index in [0.29, 0.717) is 17.9 Å². The first-order chi connectivity index (χ1) is 19.2. The molecule has 226 valence electrons. The maximum atomic E-state index is 14.3. The summed E-state index contributed by atoms with van der Waals surface area (Å²) in [5, 5.41) is 4.67. The summed E-state index contributed by atoms with van der Waals surface area (Å²) in [6.45, 7) is 3.54. The lowest BCUT2D eigenvalue weighted by Crippen LogP contribution is -2.40. The number of aromatic nitrogens is 2. The Labute approximate surface area is 237 Å². The number of halogens is 5. The second-order valence-electron chi connectivity index (χ2n) is 10.2.